The molecule has 1 saturated heterocycles. The van der Waals surface area contributed by atoms with E-state index in [0.29, 0.717) is 5.25 Å². The van der Waals surface area contributed by atoms with E-state index < -0.39 is 0 Å². The van der Waals surface area contributed by atoms with Crippen molar-refractivity contribution in [3.8, 4) is 0 Å². The molecule has 2 atom stereocenters. The molecule has 2 heterocycles. The minimum absolute atomic E-state index is 0.273. The van der Waals surface area contributed by atoms with Crippen molar-refractivity contribution < 1.29 is 4.42 Å². The average Bonchev–Trinajstić information content (AvgIpc) is 3.26. The molecule has 2 N–H and O–H groups in total. The maximum absolute atomic E-state index is 5.67. The molecule has 0 radical (unpaired) electrons. The monoisotopic (exact) mass is 338 g/mol. The number of rotatable bonds is 8. The van der Waals surface area contributed by atoms with Gasteiger partial charge < -0.3 is 15.1 Å². The average molecular weight is 339 g/mol. The van der Waals surface area contributed by atoms with Crippen LogP contribution in [0.3, 0.4) is 0 Å². The fraction of sp³-hybridized carbons (Fsp3) is 0.706. The summed E-state index contributed by atoms with van der Waals surface area (Å²) >= 11 is 1.84. The summed E-state index contributed by atoms with van der Waals surface area (Å²) in [6.07, 6.45) is 6.44. The van der Waals surface area contributed by atoms with Gasteiger partial charge in [-0.2, -0.15) is 11.8 Å². The maximum atomic E-state index is 5.67. The van der Waals surface area contributed by atoms with Crippen LogP contribution in [0.5, 0.6) is 0 Å². The Hall–Kier alpha value is -1.14. The highest BCUT2D eigenvalue weighted by molar-refractivity contribution is 7.99. The van der Waals surface area contributed by atoms with E-state index >= 15 is 0 Å². The summed E-state index contributed by atoms with van der Waals surface area (Å²) in [6, 6.07) is 4.32. The number of hydrogen-bond donors (Lipinski definition) is 2. The first kappa shape index (κ1) is 18.2. The first-order valence-corrected chi connectivity index (χ1v) is 9.85. The van der Waals surface area contributed by atoms with Gasteiger partial charge in [0.25, 0.3) is 0 Å². The van der Waals surface area contributed by atoms with E-state index in [2.05, 4.69) is 46.7 Å². The summed E-state index contributed by atoms with van der Waals surface area (Å²) in [5, 5.41) is 7.36. The zero-order valence-corrected chi connectivity index (χ0v) is 15.4. The number of thioether (sulfide) groups is 1. The van der Waals surface area contributed by atoms with Crippen LogP contribution in [0.2, 0.25) is 0 Å². The minimum atomic E-state index is 0.273. The number of aliphatic imine (C=N–C) groups is 1. The molecule has 1 aromatic heterocycles. The van der Waals surface area contributed by atoms with E-state index in [9.17, 15) is 0 Å². The first-order chi connectivity index (χ1) is 11.2. The topological polar surface area (TPSA) is 52.8 Å². The zero-order chi connectivity index (χ0) is 16.5. The van der Waals surface area contributed by atoms with Crippen LogP contribution >= 0.6 is 11.8 Å². The van der Waals surface area contributed by atoms with Gasteiger partial charge in [0.05, 0.1) is 18.8 Å². The van der Waals surface area contributed by atoms with Gasteiger partial charge in [-0.15, -0.1) is 0 Å². The second kappa shape index (κ2) is 9.88. The summed E-state index contributed by atoms with van der Waals surface area (Å²) < 4.78 is 5.67. The first-order valence-electron chi connectivity index (χ1n) is 8.57. The molecule has 0 amide bonds. The van der Waals surface area contributed by atoms with Gasteiger partial charge in [0.15, 0.2) is 5.96 Å². The molecular weight excluding hydrogens is 308 g/mol. The Morgan fingerprint density at radius 2 is 2.17 bits per heavy atom. The lowest BCUT2D eigenvalue weighted by Crippen LogP contribution is -2.42. The Bertz CT molecular complexity index is 457. The van der Waals surface area contributed by atoms with Crippen molar-refractivity contribution in [1.82, 2.24) is 15.5 Å². The molecule has 0 aromatic carbocycles. The summed E-state index contributed by atoms with van der Waals surface area (Å²) in [7, 11) is 0. The van der Waals surface area contributed by atoms with Crippen molar-refractivity contribution in [2.45, 2.75) is 38.0 Å². The SMILES string of the molecule is CCNC(=NCC(C)SC)NCC(c1ccco1)N1CCCC1. The highest BCUT2D eigenvalue weighted by Gasteiger charge is 2.25. The molecule has 2 rings (SSSR count). The molecule has 2 unspecified atom stereocenters. The van der Waals surface area contributed by atoms with Crippen molar-refractivity contribution in [2.24, 2.45) is 4.99 Å². The Balaban J connectivity index is 1.97. The second-order valence-electron chi connectivity index (χ2n) is 5.92. The quantitative estimate of drug-likeness (QED) is 0.564. The second-order valence-corrected chi connectivity index (χ2v) is 7.20. The molecule has 23 heavy (non-hydrogen) atoms. The standard InChI is InChI=1S/C17H30N4OS/c1-4-18-17(19-12-14(2)23-3)20-13-15(16-8-7-11-22-16)21-9-5-6-10-21/h7-8,11,14-15H,4-6,9-10,12-13H2,1-3H3,(H2,18,19,20). The van der Waals surface area contributed by atoms with E-state index in [0.717, 1.165) is 44.4 Å². The molecule has 0 bridgehead atoms. The lowest BCUT2D eigenvalue weighted by atomic mass is 10.2. The number of nitrogens with zero attached hydrogens (tertiary/aromatic N) is 2. The molecule has 1 aliphatic rings. The Labute approximate surface area is 144 Å². The normalized spacial score (nSPS) is 18.8. The molecule has 0 saturated carbocycles. The predicted octanol–water partition coefficient (Wildman–Crippen LogP) is 2.72. The van der Waals surface area contributed by atoms with Crippen molar-refractivity contribution in [1.29, 1.82) is 0 Å². The van der Waals surface area contributed by atoms with Gasteiger partial charge >= 0.3 is 0 Å². The fourth-order valence-electron chi connectivity index (χ4n) is 2.77. The molecule has 6 heteroatoms. The third-order valence-corrected chi connectivity index (χ3v) is 5.12. The van der Waals surface area contributed by atoms with Crippen LogP contribution < -0.4 is 10.6 Å². The Morgan fingerprint density at radius 3 is 2.78 bits per heavy atom. The van der Waals surface area contributed by atoms with E-state index in [1.54, 1.807) is 6.26 Å². The summed E-state index contributed by atoms with van der Waals surface area (Å²) in [4.78, 5) is 7.19. The smallest absolute Gasteiger partial charge is 0.191 e. The zero-order valence-electron chi connectivity index (χ0n) is 14.5. The number of guanidine groups is 1. The number of hydrogen-bond acceptors (Lipinski definition) is 4. The number of likely N-dealkylation sites (tertiary alicyclic amines) is 1. The van der Waals surface area contributed by atoms with E-state index in [1.807, 2.05) is 17.8 Å². The van der Waals surface area contributed by atoms with Gasteiger partial charge in [0.2, 0.25) is 0 Å². The van der Waals surface area contributed by atoms with Crippen LogP contribution in [0.1, 0.15) is 38.5 Å². The molecule has 0 spiro atoms. The number of nitrogens with one attached hydrogen (secondary N) is 2. The van der Waals surface area contributed by atoms with Gasteiger partial charge in [-0.05, 0) is 51.2 Å². The van der Waals surface area contributed by atoms with Crippen LogP contribution in [-0.2, 0) is 0 Å². The van der Waals surface area contributed by atoms with Crippen LogP contribution in [0.4, 0.5) is 0 Å². The largest absolute Gasteiger partial charge is 0.468 e. The van der Waals surface area contributed by atoms with Crippen LogP contribution in [0, 0.1) is 0 Å². The Kier molecular flexibility index (Phi) is 7.82. The lowest BCUT2D eigenvalue weighted by Gasteiger charge is -2.26. The van der Waals surface area contributed by atoms with Crippen molar-refractivity contribution in [2.75, 3.05) is 39.0 Å². The highest BCUT2D eigenvalue weighted by Crippen LogP contribution is 2.24. The van der Waals surface area contributed by atoms with E-state index in [4.69, 9.17) is 4.42 Å². The lowest BCUT2D eigenvalue weighted by molar-refractivity contribution is 0.215. The molecule has 1 fully saturated rings. The van der Waals surface area contributed by atoms with E-state index in [-0.39, 0.29) is 6.04 Å². The van der Waals surface area contributed by atoms with Crippen LogP contribution in [0.25, 0.3) is 0 Å². The van der Waals surface area contributed by atoms with Gasteiger partial charge in [-0.25, -0.2) is 0 Å². The molecular formula is C17H30N4OS. The van der Waals surface area contributed by atoms with Gasteiger partial charge in [0, 0.05) is 18.3 Å². The molecule has 0 aliphatic carbocycles. The number of furan rings is 1. The van der Waals surface area contributed by atoms with Crippen molar-refractivity contribution in [3.63, 3.8) is 0 Å². The minimum Gasteiger partial charge on any atom is -0.468 e. The summed E-state index contributed by atoms with van der Waals surface area (Å²) in [5.41, 5.74) is 0. The third kappa shape index (κ3) is 5.77. The maximum Gasteiger partial charge on any atom is 0.191 e. The van der Waals surface area contributed by atoms with E-state index in [1.165, 1.54) is 12.8 Å². The van der Waals surface area contributed by atoms with Crippen molar-refractivity contribution in [3.05, 3.63) is 24.2 Å². The van der Waals surface area contributed by atoms with Crippen molar-refractivity contribution >= 4 is 17.7 Å². The molecule has 1 aromatic rings. The van der Waals surface area contributed by atoms with Gasteiger partial charge in [-0.3, -0.25) is 9.89 Å². The molecule has 5 nitrogen and oxygen atoms in total. The summed E-state index contributed by atoms with van der Waals surface area (Å²) in [5.74, 6) is 1.93. The van der Waals surface area contributed by atoms with Crippen LogP contribution in [0.15, 0.2) is 27.8 Å². The third-order valence-electron chi connectivity index (χ3n) is 4.17. The Morgan fingerprint density at radius 1 is 1.39 bits per heavy atom. The molecule has 130 valence electrons. The van der Waals surface area contributed by atoms with Crippen LogP contribution in [-0.4, -0.2) is 55.1 Å². The highest BCUT2D eigenvalue weighted by atomic mass is 32.2. The summed E-state index contributed by atoms with van der Waals surface area (Å²) in [6.45, 7) is 9.09. The fourth-order valence-corrected chi connectivity index (χ4v) is 3.00. The van der Waals surface area contributed by atoms with Gasteiger partial charge in [-0.1, -0.05) is 6.92 Å². The predicted molar refractivity (Wildman–Crippen MR) is 99.2 cm³/mol. The molecule has 1 aliphatic heterocycles. The van der Waals surface area contributed by atoms with Gasteiger partial charge in [0.1, 0.15) is 5.76 Å².